The highest BCUT2D eigenvalue weighted by Crippen LogP contribution is 2.22. The minimum Gasteiger partial charge on any atom is -0.352 e. The highest BCUT2D eigenvalue weighted by atomic mass is 79.9. The largest absolute Gasteiger partial charge is 0.352 e. The number of hydrogen-bond donors (Lipinski definition) is 1. The van der Waals surface area contributed by atoms with Gasteiger partial charge >= 0.3 is 0 Å². The van der Waals surface area contributed by atoms with E-state index < -0.39 is 11.7 Å². The second-order valence-corrected chi connectivity index (χ2v) is 6.82. The maximum absolute atomic E-state index is 13.4. The van der Waals surface area contributed by atoms with Crippen molar-refractivity contribution in [2.45, 2.75) is 6.42 Å². The molecular weight excluding hydrogens is 353 g/mol. The molecule has 0 spiro atoms. The number of hydrogen-bond acceptors (Lipinski definition) is 2. The number of amides is 1. The molecular formula is C13H10BrClFNOS. The normalized spacial score (nSPS) is 10.5. The van der Waals surface area contributed by atoms with E-state index in [0.717, 1.165) is 8.66 Å². The number of thiophene rings is 1. The minimum atomic E-state index is -0.569. The lowest BCUT2D eigenvalue weighted by Gasteiger charge is -2.05. The zero-order valence-electron chi connectivity index (χ0n) is 9.75. The van der Waals surface area contributed by atoms with Gasteiger partial charge in [-0.25, -0.2) is 4.39 Å². The van der Waals surface area contributed by atoms with Crippen LogP contribution in [-0.2, 0) is 6.42 Å². The van der Waals surface area contributed by atoms with E-state index in [1.807, 2.05) is 12.1 Å². The van der Waals surface area contributed by atoms with Gasteiger partial charge in [0.2, 0.25) is 0 Å². The third-order valence-corrected chi connectivity index (χ3v) is 4.38. The van der Waals surface area contributed by atoms with Crippen molar-refractivity contribution in [3.8, 4) is 0 Å². The average Bonchev–Trinajstić information content (AvgIpc) is 2.78. The molecule has 2 nitrogen and oxygen atoms in total. The Balaban J connectivity index is 1.92. The highest BCUT2D eigenvalue weighted by molar-refractivity contribution is 9.11. The Morgan fingerprint density at radius 1 is 1.37 bits per heavy atom. The highest BCUT2D eigenvalue weighted by Gasteiger charge is 2.11. The van der Waals surface area contributed by atoms with Gasteiger partial charge < -0.3 is 5.32 Å². The fourth-order valence-electron chi connectivity index (χ4n) is 1.55. The summed E-state index contributed by atoms with van der Waals surface area (Å²) >= 11 is 10.7. The SMILES string of the molecule is O=C(NCCc1ccc(Br)s1)c1cc(Cl)ccc1F. The molecule has 1 N–H and O–H groups in total. The van der Waals surface area contributed by atoms with Crippen LogP contribution in [0.5, 0.6) is 0 Å². The van der Waals surface area contributed by atoms with Crippen molar-refractivity contribution in [3.05, 3.63) is 55.4 Å². The number of benzene rings is 1. The van der Waals surface area contributed by atoms with Gasteiger partial charge in [0.25, 0.3) is 5.91 Å². The molecule has 1 amide bonds. The molecule has 100 valence electrons. The predicted molar refractivity (Wildman–Crippen MR) is 79.5 cm³/mol. The van der Waals surface area contributed by atoms with Gasteiger partial charge in [0.05, 0.1) is 9.35 Å². The van der Waals surface area contributed by atoms with E-state index in [9.17, 15) is 9.18 Å². The fourth-order valence-corrected chi connectivity index (χ4v) is 3.21. The third kappa shape index (κ3) is 4.03. The van der Waals surface area contributed by atoms with Crippen LogP contribution in [0.15, 0.2) is 34.1 Å². The topological polar surface area (TPSA) is 29.1 Å². The van der Waals surface area contributed by atoms with Crippen molar-refractivity contribution >= 4 is 44.8 Å². The summed E-state index contributed by atoms with van der Waals surface area (Å²) < 4.78 is 14.5. The van der Waals surface area contributed by atoms with Gasteiger partial charge in [-0.1, -0.05) is 11.6 Å². The maximum atomic E-state index is 13.4. The van der Waals surface area contributed by atoms with Gasteiger partial charge in [0, 0.05) is 16.4 Å². The van der Waals surface area contributed by atoms with Crippen LogP contribution in [0.4, 0.5) is 4.39 Å². The smallest absolute Gasteiger partial charge is 0.254 e. The summed E-state index contributed by atoms with van der Waals surface area (Å²) in [5, 5.41) is 3.02. The molecule has 0 bridgehead atoms. The molecule has 0 aliphatic carbocycles. The van der Waals surface area contributed by atoms with E-state index in [1.165, 1.54) is 18.2 Å². The summed E-state index contributed by atoms with van der Waals surface area (Å²) in [6, 6.07) is 7.87. The third-order valence-electron chi connectivity index (χ3n) is 2.46. The van der Waals surface area contributed by atoms with Crippen LogP contribution >= 0.6 is 38.9 Å². The summed E-state index contributed by atoms with van der Waals surface area (Å²) in [6.07, 6.45) is 0.712. The molecule has 6 heteroatoms. The van der Waals surface area contributed by atoms with E-state index in [0.29, 0.717) is 18.0 Å². The lowest BCUT2D eigenvalue weighted by Crippen LogP contribution is -2.26. The molecule has 2 aromatic rings. The van der Waals surface area contributed by atoms with Gasteiger partial charge in [0.15, 0.2) is 0 Å². The first-order valence-electron chi connectivity index (χ1n) is 5.54. The monoisotopic (exact) mass is 361 g/mol. The Hall–Kier alpha value is -0.910. The standard InChI is InChI=1S/C13H10BrClFNOS/c14-12-4-2-9(19-12)5-6-17-13(18)10-7-8(15)1-3-11(10)16/h1-4,7H,5-6H2,(H,17,18). The summed E-state index contributed by atoms with van der Waals surface area (Å²) in [5.74, 6) is -1.02. The predicted octanol–water partition coefficient (Wildman–Crippen LogP) is 4.28. The van der Waals surface area contributed by atoms with Crippen molar-refractivity contribution in [1.29, 1.82) is 0 Å². The first kappa shape index (κ1) is 14.5. The molecule has 1 heterocycles. The van der Waals surface area contributed by atoms with Crippen LogP contribution in [0, 0.1) is 5.82 Å². The molecule has 0 atom stereocenters. The number of carbonyl (C=O) groups excluding carboxylic acids is 1. The van der Waals surface area contributed by atoms with Gasteiger partial charge in [-0.3, -0.25) is 4.79 Å². The number of rotatable bonds is 4. The molecule has 1 aromatic carbocycles. The molecule has 19 heavy (non-hydrogen) atoms. The fraction of sp³-hybridized carbons (Fsp3) is 0.154. The van der Waals surface area contributed by atoms with Gasteiger partial charge in [-0.2, -0.15) is 0 Å². The molecule has 2 rings (SSSR count). The van der Waals surface area contributed by atoms with Gasteiger partial charge in [-0.05, 0) is 52.7 Å². The number of carbonyl (C=O) groups is 1. The van der Waals surface area contributed by atoms with Crippen LogP contribution in [0.3, 0.4) is 0 Å². The first-order valence-corrected chi connectivity index (χ1v) is 7.52. The first-order chi connectivity index (χ1) is 9.06. The zero-order valence-corrected chi connectivity index (χ0v) is 12.9. The summed E-state index contributed by atoms with van der Waals surface area (Å²) in [5.41, 5.74) is -0.0279. The van der Waals surface area contributed by atoms with Crippen LogP contribution in [-0.4, -0.2) is 12.5 Å². The molecule has 0 saturated carbocycles. The van der Waals surface area contributed by atoms with E-state index in [4.69, 9.17) is 11.6 Å². The van der Waals surface area contributed by atoms with E-state index in [-0.39, 0.29) is 5.56 Å². The molecule has 0 saturated heterocycles. The average molecular weight is 363 g/mol. The Morgan fingerprint density at radius 2 is 2.16 bits per heavy atom. The van der Waals surface area contributed by atoms with E-state index in [2.05, 4.69) is 21.2 Å². The summed E-state index contributed by atoms with van der Waals surface area (Å²) in [6.45, 7) is 0.456. The molecule has 0 radical (unpaired) electrons. The summed E-state index contributed by atoms with van der Waals surface area (Å²) in [4.78, 5) is 12.9. The van der Waals surface area contributed by atoms with Crippen molar-refractivity contribution in [2.75, 3.05) is 6.54 Å². The van der Waals surface area contributed by atoms with Crippen LogP contribution in [0.1, 0.15) is 15.2 Å². The van der Waals surface area contributed by atoms with Gasteiger partial charge in [0.1, 0.15) is 5.82 Å². The molecule has 0 aliphatic heterocycles. The van der Waals surface area contributed by atoms with E-state index in [1.54, 1.807) is 11.3 Å². The lowest BCUT2D eigenvalue weighted by atomic mass is 10.2. The molecule has 0 fully saturated rings. The van der Waals surface area contributed by atoms with Crippen molar-refractivity contribution in [2.24, 2.45) is 0 Å². The van der Waals surface area contributed by atoms with Crippen molar-refractivity contribution < 1.29 is 9.18 Å². The van der Waals surface area contributed by atoms with Crippen LogP contribution < -0.4 is 5.32 Å². The summed E-state index contributed by atoms with van der Waals surface area (Å²) in [7, 11) is 0. The Labute approximate surface area is 127 Å². The van der Waals surface area contributed by atoms with E-state index >= 15 is 0 Å². The van der Waals surface area contributed by atoms with Crippen molar-refractivity contribution in [1.82, 2.24) is 5.32 Å². The quantitative estimate of drug-likeness (QED) is 0.864. The second-order valence-electron chi connectivity index (χ2n) is 3.84. The van der Waals surface area contributed by atoms with Crippen LogP contribution in [0.2, 0.25) is 5.02 Å². The van der Waals surface area contributed by atoms with Crippen LogP contribution in [0.25, 0.3) is 0 Å². The number of halogens is 3. The molecule has 0 aliphatic rings. The lowest BCUT2D eigenvalue weighted by molar-refractivity contribution is 0.0950. The maximum Gasteiger partial charge on any atom is 0.254 e. The molecule has 0 unspecified atom stereocenters. The Kier molecular flexibility index (Phi) is 4.96. The number of nitrogens with one attached hydrogen (secondary N) is 1. The zero-order chi connectivity index (χ0) is 13.8. The Bertz CT molecular complexity index is 602. The minimum absolute atomic E-state index is 0.0279. The van der Waals surface area contributed by atoms with Gasteiger partial charge in [-0.15, -0.1) is 11.3 Å². The second kappa shape index (κ2) is 6.50. The van der Waals surface area contributed by atoms with Crippen molar-refractivity contribution in [3.63, 3.8) is 0 Å². The molecule has 1 aromatic heterocycles. The Morgan fingerprint density at radius 3 is 2.84 bits per heavy atom.